The third-order valence-electron chi connectivity index (χ3n) is 3.00. The van der Waals surface area contributed by atoms with Gasteiger partial charge < -0.3 is 15.3 Å². The first kappa shape index (κ1) is 16.4. The van der Waals surface area contributed by atoms with Gasteiger partial charge in [0.25, 0.3) is 5.69 Å². The zero-order valence-corrected chi connectivity index (χ0v) is 11.8. The van der Waals surface area contributed by atoms with Crippen LogP contribution in [0.25, 0.3) is 0 Å². The van der Waals surface area contributed by atoms with E-state index in [9.17, 15) is 19.7 Å². The van der Waals surface area contributed by atoms with Gasteiger partial charge in [0.05, 0.1) is 4.92 Å². The van der Waals surface area contributed by atoms with Crippen molar-refractivity contribution >= 4 is 23.4 Å². The molecule has 1 unspecified atom stereocenters. The van der Waals surface area contributed by atoms with Crippen molar-refractivity contribution in [1.82, 2.24) is 4.90 Å². The van der Waals surface area contributed by atoms with E-state index in [0.717, 1.165) is 0 Å². The molecule has 0 saturated carbocycles. The summed E-state index contributed by atoms with van der Waals surface area (Å²) in [4.78, 5) is 34.2. The number of carboxylic acid groups (broad SMARTS) is 1. The maximum atomic E-state index is 12.1. The number of hydrogen-bond acceptors (Lipinski definition) is 4. The van der Waals surface area contributed by atoms with Crippen LogP contribution in [-0.4, -0.2) is 39.5 Å². The molecule has 2 N–H and O–H groups in total. The Balaban J connectivity index is 2.88. The lowest BCUT2D eigenvalue weighted by Gasteiger charge is -2.27. The number of nitro groups is 1. The van der Waals surface area contributed by atoms with Crippen molar-refractivity contribution in [3.8, 4) is 0 Å². The highest BCUT2D eigenvalue weighted by molar-refractivity contribution is 5.91. The topological polar surface area (TPSA) is 113 Å². The maximum Gasteiger partial charge on any atom is 0.323 e. The van der Waals surface area contributed by atoms with Crippen LogP contribution >= 0.6 is 0 Å². The molecule has 21 heavy (non-hydrogen) atoms. The predicted octanol–water partition coefficient (Wildman–Crippen LogP) is 2.31. The number of carbonyl (C=O) groups is 2. The minimum absolute atomic E-state index is 0.152. The zero-order chi connectivity index (χ0) is 16.0. The third-order valence-corrected chi connectivity index (χ3v) is 3.00. The molecule has 1 rings (SSSR count). The van der Waals surface area contributed by atoms with Gasteiger partial charge in [-0.2, -0.15) is 0 Å². The molecule has 114 valence electrons. The van der Waals surface area contributed by atoms with Gasteiger partial charge in [0, 0.05) is 23.9 Å². The number of rotatable bonds is 6. The van der Waals surface area contributed by atoms with Crippen LogP contribution in [0.2, 0.25) is 0 Å². The summed E-state index contributed by atoms with van der Waals surface area (Å²) in [6.07, 6.45) is 0.593. The summed E-state index contributed by atoms with van der Waals surface area (Å²) in [5.74, 6) is -1.12. The number of non-ortho nitro benzene ring substituents is 1. The lowest BCUT2D eigenvalue weighted by Crippen LogP contribution is -2.44. The summed E-state index contributed by atoms with van der Waals surface area (Å²) in [5, 5.41) is 22.0. The normalized spacial score (nSPS) is 11.5. The molecule has 1 atom stereocenters. The van der Waals surface area contributed by atoms with E-state index in [2.05, 4.69) is 5.32 Å². The molecule has 0 aliphatic carbocycles. The molecule has 0 heterocycles. The second kappa shape index (κ2) is 7.22. The van der Waals surface area contributed by atoms with Gasteiger partial charge in [0.1, 0.15) is 6.54 Å². The van der Waals surface area contributed by atoms with Crippen molar-refractivity contribution in [1.29, 1.82) is 0 Å². The van der Waals surface area contributed by atoms with Crippen molar-refractivity contribution in [3.05, 3.63) is 34.4 Å². The van der Waals surface area contributed by atoms with E-state index >= 15 is 0 Å². The van der Waals surface area contributed by atoms with Crippen molar-refractivity contribution in [2.75, 3.05) is 11.9 Å². The fraction of sp³-hybridized carbons (Fsp3) is 0.385. The van der Waals surface area contributed by atoms with E-state index in [-0.39, 0.29) is 17.4 Å². The van der Waals surface area contributed by atoms with E-state index in [1.165, 1.54) is 29.2 Å². The molecule has 8 heteroatoms. The first-order chi connectivity index (χ1) is 9.85. The Morgan fingerprint density at radius 3 is 2.67 bits per heavy atom. The quantitative estimate of drug-likeness (QED) is 0.617. The number of urea groups is 1. The average Bonchev–Trinajstić information content (AvgIpc) is 2.43. The van der Waals surface area contributed by atoms with Gasteiger partial charge >= 0.3 is 12.0 Å². The Morgan fingerprint density at radius 2 is 2.14 bits per heavy atom. The van der Waals surface area contributed by atoms with Crippen LogP contribution in [0, 0.1) is 10.1 Å². The number of amides is 2. The van der Waals surface area contributed by atoms with Gasteiger partial charge in [-0.1, -0.05) is 13.0 Å². The van der Waals surface area contributed by atoms with Gasteiger partial charge in [-0.05, 0) is 19.4 Å². The molecule has 0 spiro atoms. The number of aliphatic carboxylic acids is 1. The summed E-state index contributed by atoms with van der Waals surface area (Å²) < 4.78 is 0. The Morgan fingerprint density at radius 1 is 1.48 bits per heavy atom. The molecule has 0 saturated heterocycles. The molecule has 0 aromatic heterocycles. The molecular weight excluding hydrogens is 278 g/mol. The number of nitrogens with one attached hydrogen (secondary N) is 1. The average molecular weight is 295 g/mol. The smallest absolute Gasteiger partial charge is 0.323 e. The monoisotopic (exact) mass is 295 g/mol. The molecule has 8 nitrogen and oxygen atoms in total. The lowest BCUT2D eigenvalue weighted by atomic mass is 10.2. The van der Waals surface area contributed by atoms with E-state index in [0.29, 0.717) is 6.42 Å². The van der Waals surface area contributed by atoms with Gasteiger partial charge in [0.2, 0.25) is 0 Å². The van der Waals surface area contributed by atoms with Crippen molar-refractivity contribution in [3.63, 3.8) is 0 Å². The summed E-state index contributed by atoms with van der Waals surface area (Å²) in [6.45, 7) is 3.13. The van der Waals surface area contributed by atoms with Gasteiger partial charge in [0.15, 0.2) is 0 Å². The minimum atomic E-state index is -1.12. The summed E-state index contributed by atoms with van der Waals surface area (Å²) in [5.41, 5.74) is 0.0917. The minimum Gasteiger partial charge on any atom is -0.480 e. The first-order valence-electron chi connectivity index (χ1n) is 6.39. The first-order valence-corrected chi connectivity index (χ1v) is 6.39. The van der Waals surface area contributed by atoms with E-state index in [4.69, 9.17) is 5.11 Å². The lowest BCUT2D eigenvalue weighted by molar-refractivity contribution is -0.384. The Kier molecular flexibility index (Phi) is 5.65. The highest BCUT2D eigenvalue weighted by atomic mass is 16.6. The second-order valence-corrected chi connectivity index (χ2v) is 4.52. The molecule has 1 aromatic rings. The van der Waals surface area contributed by atoms with Crippen LogP contribution in [0.3, 0.4) is 0 Å². The van der Waals surface area contributed by atoms with Crippen molar-refractivity contribution in [2.45, 2.75) is 26.3 Å². The number of benzene rings is 1. The van der Waals surface area contributed by atoms with Crippen molar-refractivity contribution < 1.29 is 19.6 Å². The number of nitro benzene ring substituents is 1. The standard InChI is InChI=1S/C13H17N3O5/c1-3-9(2)15(8-12(17)18)13(19)14-10-5-4-6-11(7-10)16(20)21/h4-7,9H,3,8H2,1-2H3,(H,14,19)(H,17,18). The molecule has 0 bridgehead atoms. The zero-order valence-electron chi connectivity index (χ0n) is 11.8. The molecular formula is C13H17N3O5. The molecule has 2 amide bonds. The SMILES string of the molecule is CCC(C)N(CC(=O)O)C(=O)Nc1cccc([N+](=O)[O-])c1. The third kappa shape index (κ3) is 4.75. The largest absolute Gasteiger partial charge is 0.480 e. The van der Waals surface area contributed by atoms with Gasteiger partial charge in [-0.25, -0.2) is 4.79 Å². The highest BCUT2D eigenvalue weighted by Gasteiger charge is 2.22. The number of nitrogens with zero attached hydrogens (tertiary/aromatic N) is 2. The van der Waals surface area contributed by atoms with Crippen LogP contribution in [0.15, 0.2) is 24.3 Å². The predicted molar refractivity (Wildman–Crippen MR) is 76.2 cm³/mol. The van der Waals surface area contributed by atoms with E-state index < -0.39 is 23.5 Å². The van der Waals surface area contributed by atoms with Crippen LogP contribution in [0.5, 0.6) is 0 Å². The molecule has 1 aromatic carbocycles. The van der Waals surface area contributed by atoms with E-state index in [1.807, 2.05) is 6.92 Å². The number of anilines is 1. The van der Waals surface area contributed by atoms with Crippen molar-refractivity contribution in [2.24, 2.45) is 0 Å². The van der Waals surface area contributed by atoms with E-state index in [1.54, 1.807) is 6.92 Å². The second-order valence-electron chi connectivity index (χ2n) is 4.52. The van der Waals surface area contributed by atoms with Gasteiger partial charge in [-0.15, -0.1) is 0 Å². The molecule has 0 aliphatic heterocycles. The Bertz CT molecular complexity index is 546. The molecule has 0 aliphatic rings. The Labute approximate surface area is 121 Å². The number of hydrogen-bond donors (Lipinski definition) is 2. The fourth-order valence-corrected chi connectivity index (χ4v) is 1.69. The number of carboxylic acids is 1. The van der Waals surface area contributed by atoms with Crippen LogP contribution < -0.4 is 5.32 Å². The van der Waals surface area contributed by atoms with Crippen LogP contribution in [0.4, 0.5) is 16.2 Å². The molecule has 0 fully saturated rings. The van der Waals surface area contributed by atoms with Gasteiger partial charge in [-0.3, -0.25) is 14.9 Å². The highest BCUT2D eigenvalue weighted by Crippen LogP contribution is 2.18. The Hall–Kier alpha value is -2.64. The number of carbonyl (C=O) groups excluding carboxylic acids is 1. The summed E-state index contributed by atoms with van der Waals surface area (Å²) in [6, 6.07) is 4.60. The maximum absolute atomic E-state index is 12.1. The van der Waals surface area contributed by atoms with Crippen LogP contribution in [0.1, 0.15) is 20.3 Å². The fourth-order valence-electron chi connectivity index (χ4n) is 1.69. The molecule has 0 radical (unpaired) electrons. The summed E-state index contributed by atoms with van der Waals surface area (Å²) >= 11 is 0. The van der Waals surface area contributed by atoms with Crippen LogP contribution in [-0.2, 0) is 4.79 Å². The summed E-state index contributed by atoms with van der Waals surface area (Å²) in [7, 11) is 0.